The summed E-state index contributed by atoms with van der Waals surface area (Å²) in [7, 11) is 0. The molecule has 14 heavy (non-hydrogen) atoms. The molecule has 0 saturated carbocycles. The molecule has 0 spiro atoms. The Morgan fingerprint density at radius 3 is 2.14 bits per heavy atom. The molecule has 0 rings (SSSR count). The van der Waals surface area contributed by atoms with E-state index in [1.54, 1.807) is 20.8 Å². The first-order valence-electron chi connectivity index (χ1n) is 4.24. The van der Waals surface area contributed by atoms with Gasteiger partial charge in [0.2, 0.25) is 0 Å². The van der Waals surface area contributed by atoms with Crippen LogP contribution in [0.1, 0.15) is 20.8 Å². The number of allylic oxidation sites excluding steroid dienone is 3. The van der Waals surface area contributed by atoms with Crippen molar-refractivity contribution in [3.63, 3.8) is 0 Å². The fourth-order valence-corrected chi connectivity index (χ4v) is 0.626. The van der Waals surface area contributed by atoms with Crippen molar-refractivity contribution in [1.29, 1.82) is 0 Å². The normalized spacial score (nSPS) is 14.8. The molecule has 0 aliphatic carbocycles. The van der Waals surface area contributed by atoms with Gasteiger partial charge in [0, 0.05) is 5.71 Å². The van der Waals surface area contributed by atoms with Gasteiger partial charge in [-0.15, -0.1) is 0 Å². The summed E-state index contributed by atoms with van der Waals surface area (Å²) < 4.78 is 36.9. The van der Waals surface area contributed by atoms with E-state index in [1.807, 2.05) is 0 Å². The van der Waals surface area contributed by atoms with Crippen molar-refractivity contribution in [3.05, 3.63) is 24.4 Å². The smallest absolute Gasteiger partial charge is 0.253 e. The van der Waals surface area contributed by atoms with Crippen LogP contribution in [0.5, 0.6) is 0 Å². The van der Waals surface area contributed by atoms with Crippen LogP contribution in [0.25, 0.3) is 0 Å². The molecule has 0 aliphatic rings. The number of rotatable bonds is 3. The Kier molecular flexibility index (Phi) is 4.60. The van der Waals surface area contributed by atoms with Crippen LogP contribution in [0.15, 0.2) is 29.4 Å². The number of hydrogen-bond acceptors (Lipinski definition) is 1. The summed E-state index contributed by atoms with van der Waals surface area (Å²) in [5, 5.41) is 0. The Labute approximate surface area is 82.0 Å². The van der Waals surface area contributed by atoms with Crippen molar-refractivity contribution in [3.8, 4) is 0 Å². The summed E-state index contributed by atoms with van der Waals surface area (Å²) in [5.41, 5.74) is -0.450. The predicted molar refractivity (Wildman–Crippen MR) is 52.3 cm³/mol. The first-order chi connectivity index (χ1) is 6.29. The third-order valence-electron chi connectivity index (χ3n) is 1.70. The van der Waals surface area contributed by atoms with E-state index in [9.17, 15) is 13.2 Å². The zero-order valence-electron chi connectivity index (χ0n) is 8.52. The minimum absolute atomic E-state index is 0.00515. The molecule has 0 atom stereocenters. The van der Waals surface area contributed by atoms with Crippen LogP contribution in [-0.2, 0) is 0 Å². The van der Waals surface area contributed by atoms with E-state index < -0.39 is 11.9 Å². The topological polar surface area (TPSA) is 12.4 Å². The largest absolute Gasteiger partial charge is 0.433 e. The Balaban J connectivity index is 4.99. The zero-order valence-corrected chi connectivity index (χ0v) is 8.52. The maximum atomic E-state index is 12.3. The van der Waals surface area contributed by atoms with Gasteiger partial charge >= 0.3 is 6.18 Å². The highest BCUT2D eigenvalue weighted by Crippen LogP contribution is 2.27. The van der Waals surface area contributed by atoms with Crippen molar-refractivity contribution >= 4 is 5.71 Å². The average molecular weight is 205 g/mol. The summed E-state index contributed by atoms with van der Waals surface area (Å²) in [4.78, 5) is 3.52. The zero-order chi connectivity index (χ0) is 11.4. The molecule has 80 valence electrons. The van der Waals surface area contributed by atoms with E-state index in [1.165, 1.54) is 0 Å². The van der Waals surface area contributed by atoms with Crippen molar-refractivity contribution < 1.29 is 13.2 Å². The minimum atomic E-state index is -4.41. The second kappa shape index (κ2) is 4.98. The maximum absolute atomic E-state index is 12.3. The van der Waals surface area contributed by atoms with Crippen LogP contribution < -0.4 is 0 Å². The lowest BCUT2D eigenvalue weighted by molar-refractivity contribution is -0.0923. The van der Waals surface area contributed by atoms with Crippen molar-refractivity contribution in [2.24, 2.45) is 10.9 Å². The molecule has 0 aromatic heterocycles. The van der Waals surface area contributed by atoms with E-state index in [0.29, 0.717) is 5.71 Å². The summed E-state index contributed by atoms with van der Waals surface area (Å²) >= 11 is 0. The fraction of sp³-hybridized carbons (Fsp3) is 0.500. The van der Waals surface area contributed by atoms with E-state index in [-0.39, 0.29) is 5.92 Å². The van der Waals surface area contributed by atoms with E-state index in [0.717, 1.165) is 12.2 Å². The molecular formula is C10H14F3N. The minimum Gasteiger partial charge on any atom is -0.253 e. The van der Waals surface area contributed by atoms with E-state index >= 15 is 0 Å². The van der Waals surface area contributed by atoms with Gasteiger partial charge in [0.25, 0.3) is 0 Å². The highest BCUT2D eigenvalue weighted by molar-refractivity contribution is 5.84. The highest BCUT2D eigenvalue weighted by atomic mass is 19.4. The van der Waals surface area contributed by atoms with Crippen LogP contribution in [0.4, 0.5) is 13.2 Å². The second-order valence-corrected chi connectivity index (χ2v) is 3.19. The van der Waals surface area contributed by atoms with Gasteiger partial charge in [0.15, 0.2) is 0 Å². The third-order valence-corrected chi connectivity index (χ3v) is 1.70. The standard InChI is InChI=1S/C10H14F3N/c1-5-6-9(10(11,12)13)14-8(4)7(2)3/h5-7H,1H2,2-4H3/b9-6-,14-8?. The molecule has 0 aromatic rings. The average Bonchev–Trinajstić information content (AvgIpc) is 2.01. The van der Waals surface area contributed by atoms with Gasteiger partial charge in [-0.25, -0.2) is 0 Å². The number of hydrogen-bond donors (Lipinski definition) is 0. The molecule has 4 heteroatoms. The maximum Gasteiger partial charge on any atom is 0.433 e. The predicted octanol–water partition coefficient (Wildman–Crippen LogP) is 3.74. The molecule has 0 heterocycles. The molecule has 0 N–H and O–H groups in total. The summed E-state index contributed by atoms with van der Waals surface area (Å²) in [6, 6.07) is 0. The third kappa shape index (κ3) is 4.25. The van der Waals surface area contributed by atoms with Crippen LogP contribution >= 0.6 is 0 Å². The van der Waals surface area contributed by atoms with Gasteiger partial charge in [-0.2, -0.15) is 13.2 Å². The van der Waals surface area contributed by atoms with Crippen LogP contribution in [0.2, 0.25) is 0 Å². The highest BCUT2D eigenvalue weighted by Gasteiger charge is 2.33. The molecule has 0 aliphatic heterocycles. The Morgan fingerprint density at radius 1 is 1.36 bits per heavy atom. The quantitative estimate of drug-likeness (QED) is 0.491. The Bertz CT molecular complexity index is 259. The summed E-state index contributed by atoms with van der Waals surface area (Å²) in [5.74, 6) is 0.00515. The molecule has 0 saturated heterocycles. The number of halogens is 3. The van der Waals surface area contributed by atoms with Crippen LogP contribution in [-0.4, -0.2) is 11.9 Å². The SMILES string of the molecule is C=C/C=C(\N=C(C)C(C)C)C(F)(F)F. The fourth-order valence-electron chi connectivity index (χ4n) is 0.626. The van der Waals surface area contributed by atoms with Gasteiger partial charge in [0.05, 0.1) is 0 Å². The summed E-state index contributed by atoms with van der Waals surface area (Å²) in [6.07, 6.45) is -2.46. The van der Waals surface area contributed by atoms with Gasteiger partial charge in [0.1, 0.15) is 5.70 Å². The molecule has 0 amide bonds. The molecule has 0 fully saturated rings. The van der Waals surface area contributed by atoms with Crippen LogP contribution in [0.3, 0.4) is 0 Å². The molecule has 0 radical (unpaired) electrons. The number of alkyl halides is 3. The first-order valence-corrected chi connectivity index (χ1v) is 4.24. The lowest BCUT2D eigenvalue weighted by atomic mass is 10.1. The molecule has 0 bridgehead atoms. The number of nitrogens with zero attached hydrogens (tertiary/aromatic N) is 1. The second-order valence-electron chi connectivity index (χ2n) is 3.19. The lowest BCUT2D eigenvalue weighted by Gasteiger charge is -2.09. The van der Waals surface area contributed by atoms with E-state index in [4.69, 9.17) is 0 Å². The molecule has 1 nitrogen and oxygen atoms in total. The van der Waals surface area contributed by atoms with Gasteiger partial charge < -0.3 is 0 Å². The Morgan fingerprint density at radius 2 is 1.86 bits per heavy atom. The van der Waals surface area contributed by atoms with E-state index in [2.05, 4.69) is 11.6 Å². The lowest BCUT2D eigenvalue weighted by Crippen LogP contribution is -2.13. The molecular weight excluding hydrogens is 191 g/mol. The summed E-state index contributed by atoms with van der Waals surface area (Å²) in [6.45, 7) is 8.38. The van der Waals surface area contributed by atoms with Crippen molar-refractivity contribution in [2.45, 2.75) is 26.9 Å². The Hall–Kier alpha value is -1.06. The monoisotopic (exact) mass is 205 g/mol. The van der Waals surface area contributed by atoms with Crippen molar-refractivity contribution in [2.75, 3.05) is 0 Å². The molecule has 0 aromatic carbocycles. The van der Waals surface area contributed by atoms with Gasteiger partial charge in [-0.3, -0.25) is 4.99 Å². The van der Waals surface area contributed by atoms with Gasteiger partial charge in [-0.1, -0.05) is 26.5 Å². The van der Waals surface area contributed by atoms with Gasteiger partial charge in [-0.05, 0) is 18.9 Å². The number of aliphatic imine (C=N–C) groups is 1. The molecule has 0 unspecified atom stereocenters. The van der Waals surface area contributed by atoms with Crippen molar-refractivity contribution in [1.82, 2.24) is 0 Å². The van der Waals surface area contributed by atoms with Crippen LogP contribution in [0, 0.1) is 5.92 Å². The first kappa shape index (κ1) is 12.9.